The van der Waals surface area contributed by atoms with Gasteiger partial charge in [-0.25, -0.2) is 4.39 Å². The van der Waals surface area contributed by atoms with Gasteiger partial charge in [0.25, 0.3) is 0 Å². The molecule has 0 fully saturated rings. The van der Waals surface area contributed by atoms with Crippen molar-refractivity contribution < 1.29 is 4.39 Å². The number of rotatable bonds is 2. The van der Waals surface area contributed by atoms with Gasteiger partial charge in [-0.3, -0.25) is 4.99 Å². The van der Waals surface area contributed by atoms with E-state index in [2.05, 4.69) is 4.99 Å². The quantitative estimate of drug-likeness (QED) is 0.691. The summed E-state index contributed by atoms with van der Waals surface area (Å²) < 4.78 is 12.7. The third-order valence-electron chi connectivity index (χ3n) is 2.38. The van der Waals surface area contributed by atoms with E-state index in [1.54, 1.807) is 24.4 Å². The average molecular weight is 248 g/mol. The van der Waals surface area contributed by atoms with Crippen molar-refractivity contribution in [1.29, 1.82) is 0 Å². The summed E-state index contributed by atoms with van der Waals surface area (Å²) in [5.74, 6) is -0.246. The monoisotopic (exact) mass is 247 g/mol. The number of hydrogen-bond donors (Lipinski definition) is 0. The molecule has 0 bridgehead atoms. The molecule has 0 amide bonds. The highest BCUT2D eigenvalue weighted by molar-refractivity contribution is 6.30. The van der Waals surface area contributed by atoms with E-state index >= 15 is 0 Å². The van der Waals surface area contributed by atoms with Gasteiger partial charge in [-0.05, 0) is 48.4 Å². The van der Waals surface area contributed by atoms with Crippen molar-refractivity contribution in [3.63, 3.8) is 0 Å². The first-order valence-electron chi connectivity index (χ1n) is 5.21. The van der Waals surface area contributed by atoms with Gasteiger partial charge in [0.1, 0.15) is 5.82 Å². The molecule has 3 heteroatoms. The first kappa shape index (κ1) is 11.8. The maximum atomic E-state index is 12.7. The van der Waals surface area contributed by atoms with Crippen LogP contribution in [0.4, 0.5) is 10.1 Å². The summed E-state index contributed by atoms with van der Waals surface area (Å²) in [6.07, 6.45) is 1.70. The Kier molecular flexibility index (Phi) is 3.55. The molecule has 86 valence electrons. The number of aryl methyl sites for hydroxylation is 1. The molecule has 0 aliphatic rings. The van der Waals surface area contributed by atoms with Crippen LogP contribution in [-0.4, -0.2) is 6.21 Å². The second-order valence-electron chi connectivity index (χ2n) is 3.74. The number of aliphatic imine (C=N–C) groups is 1. The van der Waals surface area contributed by atoms with Crippen LogP contribution in [0.25, 0.3) is 0 Å². The predicted molar refractivity (Wildman–Crippen MR) is 69.8 cm³/mol. The molecule has 0 saturated heterocycles. The molecule has 0 atom stereocenters. The molecule has 2 rings (SSSR count). The fourth-order valence-corrected chi connectivity index (χ4v) is 1.68. The molecule has 0 radical (unpaired) electrons. The molecule has 0 N–H and O–H groups in total. The van der Waals surface area contributed by atoms with E-state index in [-0.39, 0.29) is 5.82 Å². The van der Waals surface area contributed by atoms with Crippen LogP contribution in [-0.2, 0) is 0 Å². The van der Waals surface area contributed by atoms with Gasteiger partial charge in [0.2, 0.25) is 0 Å². The van der Waals surface area contributed by atoms with Crippen molar-refractivity contribution in [3.05, 3.63) is 64.4 Å². The minimum absolute atomic E-state index is 0.246. The van der Waals surface area contributed by atoms with Crippen molar-refractivity contribution in [2.24, 2.45) is 4.99 Å². The zero-order valence-corrected chi connectivity index (χ0v) is 10.1. The van der Waals surface area contributed by atoms with Gasteiger partial charge in [0.15, 0.2) is 0 Å². The molecule has 2 aromatic carbocycles. The molecule has 0 aromatic heterocycles. The second kappa shape index (κ2) is 5.11. The molecule has 17 heavy (non-hydrogen) atoms. The SMILES string of the molecule is Cc1cc(Cl)ccc1N=Cc1ccc(F)cc1. The van der Waals surface area contributed by atoms with Crippen molar-refractivity contribution in [2.75, 3.05) is 0 Å². The van der Waals surface area contributed by atoms with Crippen LogP contribution >= 0.6 is 11.6 Å². The van der Waals surface area contributed by atoms with Gasteiger partial charge < -0.3 is 0 Å². The first-order chi connectivity index (χ1) is 8.15. The second-order valence-corrected chi connectivity index (χ2v) is 4.18. The van der Waals surface area contributed by atoms with E-state index in [1.165, 1.54) is 12.1 Å². The van der Waals surface area contributed by atoms with Crippen LogP contribution in [0.1, 0.15) is 11.1 Å². The fraction of sp³-hybridized carbons (Fsp3) is 0.0714. The number of hydrogen-bond acceptors (Lipinski definition) is 1. The number of halogens is 2. The predicted octanol–water partition coefficient (Wildman–Crippen LogP) is 4.54. The average Bonchev–Trinajstić information content (AvgIpc) is 2.30. The summed E-state index contributed by atoms with van der Waals surface area (Å²) >= 11 is 5.86. The van der Waals surface area contributed by atoms with Crippen LogP contribution < -0.4 is 0 Å². The highest BCUT2D eigenvalue weighted by Gasteiger charge is 1.96. The summed E-state index contributed by atoms with van der Waals surface area (Å²) in [6, 6.07) is 11.7. The smallest absolute Gasteiger partial charge is 0.123 e. The maximum Gasteiger partial charge on any atom is 0.123 e. The van der Waals surface area contributed by atoms with Gasteiger partial charge in [0, 0.05) is 11.2 Å². The van der Waals surface area contributed by atoms with E-state index in [9.17, 15) is 4.39 Å². The summed E-state index contributed by atoms with van der Waals surface area (Å²) in [6.45, 7) is 1.95. The van der Waals surface area contributed by atoms with Crippen molar-refractivity contribution in [1.82, 2.24) is 0 Å². The summed E-state index contributed by atoms with van der Waals surface area (Å²) in [7, 11) is 0. The molecule has 2 aromatic rings. The van der Waals surface area contributed by atoms with Crippen LogP contribution in [0.15, 0.2) is 47.5 Å². The Balaban J connectivity index is 2.23. The molecule has 0 aliphatic carbocycles. The lowest BCUT2D eigenvalue weighted by Crippen LogP contribution is -1.82. The van der Waals surface area contributed by atoms with E-state index in [0.29, 0.717) is 5.02 Å². The Morgan fingerprint density at radius 3 is 2.47 bits per heavy atom. The largest absolute Gasteiger partial charge is 0.256 e. The lowest BCUT2D eigenvalue weighted by molar-refractivity contribution is 0.628. The Morgan fingerprint density at radius 1 is 1.12 bits per heavy atom. The normalized spacial score (nSPS) is 11.0. The zero-order chi connectivity index (χ0) is 12.3. The lowest BCUT2D eigenvalue weighted by Gasteiger charge is -2.00. The molecule has 0 aliphatic heterocycles. The standard InChI is InChI=1S/C14H11ClFN/c1-10-8-12(15)4-7-14(10)17-9-11-2-5-13(16)6-3-11/h2-9H,1H3. The van der Waals surface area contributed by atoms with Crippen LogP contribution in [0, 0.1) is 12.7 Å². The van der Waals surface area contributed by atoms with Gasteiger partial charge in [-0.2, -0.15) is 0 Å². The van der Waals surface area contributed by atoms with Gasteiger partial charge in [0.05, 0.1) is 5.69 Å². The van der Waals surface area contributed by atoms with Gasteiger partial charge in [-0.15, -0.1) is 0 Å². The highest BCUT2D eigenvalue weighted by Crippen LogP contribution is 2.22. The fourth-order valence-electron chi connectivity index (χ4n) is 1.46. The lowest BCUT2D eigenvalue weighted by atomic mass is 10.2. The van der Waals surface area contributed by atoms with Crippen LogP contribution in [0.5, 0.6) is 0 Å². The molecule has 0 saturated carbocycles. The molecule has 0 unspecified atom stereocenters. The molecule has 0 spiro atoms. The molecular formula is C14H11ClFN. The minimum Gasteiger partial charge on any atom is -0.256 e. The third-order valence-corrected chi connectivity index (χ3v) is 2.62. The van der Waals surface area contributed by atoms with E-state index < -0.39 is 0 Å². The summed E-state index contributed by atoms with van der Waals surface area (Å²) in [5.41, 5.74) is 2.73. The number of benzene rings is 2. The maximum absolute atomic E-state index is 12.7. The van der Waals surface area contributed by atoms with E-state index in [1.807, 2.05) is 19.1 Å². The molecule has 0 heterocycles. The molecule has 1 nitrogen and oxygen atoms in total. The summed E-state index contributed by atoms with van der Waals surface area (Å²) in [5, 5.41) is 0.697. The summed E-state index contributed by atoms with van der Waals surface area (Å²) in [4.78, 5) is 4.34. The first-order valence-corrected chi connectivity index (χ1v) is 5.59. The topological polar surface area (TPSA) is 12.4 Å². The molecular weight excluding hydrogens is 237 g/mol. The van der Waals surface area contributed by atoms with Gasteiger partial charge >= 0.3 is 0 Å². The Bertz CT molecular complexity index is 547. The minimum atomic E-state index is -0.246. The van der Waals surface area contributed by atoms with Crippen molar-refractivity contribution in [3.8, 4) is 0 Å². The zero-order valence-electron chi connectivity index (χ0n) is 9.32. The highest BCUT2D eigenvalue weighted by atomic mass is 35.5. The Labute approximate surface area is 105 Å². The van der Waals surface area contributed by atoms with Crippen LogP contribution in [0.3, 0.4) is 0 Å². The van der Waals surface area contributed by atoms with Crippen molar-refractivity contribution >= 4 is 23.5 Å². The van der Waals surface area contributed by atoms with E-state index in [4.69, 9.17) is 11.6 Å². The third kappa shape index (κ3) is 3.14. The van der Waals surface area contributed by atoms with E-state index in [0.717, 1.165) is 16.8 Å². The number of nitrogens with zero attached hydrogens (tertiary/aromatic N) is 1. The van der Waals surface area contributed by atoms with Gasteiger partial charge in [-0.1, -0.05) is 23.7 Å². The Hall–Kier alpha value is -1.67. The Morgan fingerprint density at radius 2 is 1.82 bits per heavy atom. The van der Waals surface area contributed by atoms with Crippen molar-refractivity contribution in [2.45, 2.75) is 6.92 Å². The van der Waals surface area contributed by atoms with Crippen LogP contribution in [0.2, 0.25) is 5.02 Å².